The van der Waals surface area contributed by atoms with Crippen molar-refractivity contribution >= 4 is 16.7 Å². The van der Waals surface area contributed by atoms with E-state index in [4.69, 9.17) is 0 Å². The van der Waals surface area contributed by atoms with Crippen LogP contribution in [-0.2, 0) is 4.79 Å². The van der Waals surface area contributed by atoms with Gasteiger partial charge in [0.2, 0.25) is 0 Å². The monoisotopic (exact) mass is 347 g/mol. The lowest BCUT2D eigenvalue weighted by Gasteiger charge is -2.39. The Kier molecular flexibility index (Phi) is 4.63. The van der Waals surface area contributed by atoms with Gasteiger partial charge in [-0.15, -0.1) is 0 Å². The number of piperidine rings is 1. The molecule has 1 aliphatic rings. The molecule has 26 heavy (non-hydrogen) atoms. The molecule has 1 fully saturated rings. The fourth-order valence-corrected chi connectivity index (χ4v) is 3.91. The molecule has 1 aliphatic heterocycles. The van der Waals surface area contributed by atoms with Gasteiger partial charge in [-0.3, -0.25) is 19.7 Å². The van der Waals surface area contributed by atoms with E-state index in [1.54, 1.807) is 12.4 Å². The van der Waals surface area contributed by atoms with Crippen molar-refractivity contribution in [3.8, 4) is 0 Å². The molecule has 0 radical (unpaired) electrons. The number of aromatic nitrogens is 2. The molecule has 3 aromatic rings. The summed E-state index contributed by atoms with van der Waals surface area (Å²) in [5.41, 5.74) is 2.11. The molecule has 132 valence electrons. The average molecular weight is 347 g/mol. The number of nitrogens with zero attached hydrogens (tertiary/aromatic N) is 3. The Labute approximate surface area is 152 Å². The van der Waals surface area contributed by atoms with Crippen LogP contribution in [0.3, 0.4) is 0 Å². The minimum Gasteiger partial charge on any atom is -0.480 e. The first-order valence-corrected chi connectivity index (χ1v) is 8.96. The van der Waals surface area contributed by atoms with Crippen molar-refractivity contribution in [2.45, 2.75) is 31.3 Å². The molecule has 0 bridgehead atoms. The Hall–Kier alpha value is -2.79. The molecule has 1 aromatic carbocycles. The van der Waals surface area contributed by atoms with Crippen LogP contribution in [0.25, 0.3) is 10.8 Å². The van der Waals surface area contributed by atoms with Gasteiger partial charge in [0, 0.05) is 30.2 Å². The topological polar surface area (TPSA) is 66.3 Å². The van der Waals surface area contributed by atoms with Crippen molar-refractivity contribution in [3.05, 3.63) is 72.3 Å². The lowest BCUT2D eigenvalue weighted by atomic mass is 9.91. The highest BCUT2D eigenvalue weighted by molar-refractivity contribution is 5.82. The molecule has 5 nitrogen and oxygen atoms in total. The summed E-state index contributed by atoms with van der Waals surface area (Å²) in [6.07, 6.45) is 9.87. The number of carboxylic acid groups (broad SMARTS) is 1. The van der Waals surface area contributed by atoms with Crippen LogP contribution >= 0.6 is 0 Å². The Morgan fingerprint density at radius 3 is 2.73 bits per heavy atom. The molecule has 0 aliphatic carbocycles. The van der Waals surface area contributed by atoms with Crippen LogP contribution in [0.5, 0.6) is 0 Å². The molecule has 2 unspecified atom stereocenters. The number of hydrogen-bond donors (Lipinski definition) is 1. The number of carboxylic acids is 1. The third kappa shape index (κ3) is 3.18. The van der Waals surface area contributed by atoms with Gasteiger partial charge in [-0.25, -0.2) is 0 Å². The number of aliphatic carboxylic acids is 1. The van der Waals surface area contributed by atoms with Crippen LogP contribution in [-0.4, -0.2) is 38.5 Å². The summed E-state index contributed by atoms with van der Waals surface area (Å²) in [5.74, 6) is -0.747. The molecular formula is C21H21N3O2. The maximum Gasteiger partial charge on any atom is 0.320 e. The number of carbonyl (C=O) groups is 1. The minimum absolute atomic E-state index is 0.123. The van der Waals surface area contributed by atoms with Crippen LogP contribution in [0.4, 0.5) is 0 Å². The number of fused-ring (bicyclic) bond motifs is 1. The fraction of sp³-hybridized carbons (Fsp3) is 0.286. The Balaban J connectivity index is 1.83. The van der Waals surface area contributed by atoms with Gasteiger partial charge >= 0.3 is 5.97 Å². The largest absolute Gasteiger partial charge is 0.480 e. The van der Waals surface area contributed by atoms with Gasteiger partial charge in [0.1, 0.15) is 6.04 Å². The normalized spacial score (nSPS) is 19.3. The standard InChI is InChI=1S/C21H21N3O2/c25-21(26)19-5-1-2-11-24(19)20(18-4-3-9-22-14-18)16-6-7-17-13-23-10-8-15(17)12-16/h3-4,6-10,12-14,19-20H,1-2,5,11H2,(H,25,26). The highest BCUT2D eigenvalue weighted by Gasteiger charge is 2.35. The molecule has 0 amide bonds. The number of pyridine rings is 2. The SMILES string of the molecule is O=C(O)C1CCCCN1C(c1cccnc1)c1ccc2cnccc2c1. The molecule has 4 rings (SSSR count). The van der Waals surface area contributed by atoms with Gasteiger partial charge in [-0.05, 0) is 54.1 Å². The fourth-order valence-electron chi connectivity index (χ4n) is 3.91. The zero-order valence-electron chi connectivity index (χ0n) is 14.5. The van der Waals surface area contributed by atoms with E-state index < -0.39 is 12.0 Å². The first-order valence-electron chi connectivity index (χ1n) is 8.96. The average Bonchev–Trinajstić information content (AvgIpc) is 2.69. The summed E-state index contributed by atoms with van der Waals surface area (Å²) < 4.78 is 0. The minimum atomic E-state index is -0.747. The van der Waals surface area contributed by atoms with Gasteiger partial charge in [-0.1, -0.05) is 24.6 Å². The van der Waals surface area contributed by atoms with Crippen LogP contribution in [0.2, 0.25) is 0 Å². The molecule has 5 heteroatoms. The zero-order valence-corrected chi connectivity index (χ0v) is 14.5. The Morgan fingerprint density at radius 1 is 1.04 bits per heavy atom. The molecule has 0 saturated carbocycles. The van der Waals surface area contributed by atoms with Crippen LogP contribution in [0, 0.1) is 0 Å². The second kappa shape index (κ2) is 7.22. The van der Waals surface area contributed by atoms with Crippen LogP contribution < -0.4 is 0 Å². The van der Waals surface area contributed by atoms with E-state index in [9.17, 15) is 9.90 Å². The quantitative estimate of drug-likeness (QED) is 0.780. The smallest absolute Gasteiger partial charge is 0.320 e. The predicted octanol–water partition coefficient (Wildman–Crippen LogP) is 3.66. The van der Waals surface area contributed by atoms with Gasteiger partial charge in [0.25, 0.3) is 0 Å². The number of rotatable bonds is 4. The molecule has 1 saturated heterocycles. The van der Waals surface area contributed by atoms with E-state index in [2.05, 4.69) is 33.1 Å². The van der Waals surface area contributed by atoms with Crippen LogP contribution in [0.15, 0.2) is 61.2 Å². The lowest BCUT2D eigenvalue weighted by molar-refractivity contribution is -0.145. The van der Waals surface area contributed by atoms with Gasteiger partial charge in [-0.2, -0.15) is 0 Å². The Morgan fingerprint density at radius 2 is 1.92 bits per heavy atom. The molecule has 3 heterocycles. The zero-order chi connectivity index (χ0) is 17.9. The van der Waals surface area contributed by atoms with Crippen molar-refractivity contribution in [3.63, 3.8) is 0 Å². The van der Waals surface area contributed by atoms with Crippen LogP contribution in [0.1, 0.15) is 36.4 Å². The summed E-state index contributed by atoms with van der Waals surface area (Å²) in [4.78, 5) is 22.4. The van der Waals surface area contributed by atoms with Crippen molar-refractivity contribution < 1.29 is 9.90 Å². The lowest BCUT2D eigenvalue weighted by Crippen LogP contribution is -2.46. The molecular weight excluding hydrogens is 326 g/mol. The van der Waals surface area contributed by atoms with Crippen molar-refractivity contribution in [1.29, 1.82) is 0 Å². The summed E-state index contributed by atoms with van der Waals surface area (Å²) >= 11 is 0. The van der Waals surface area contributed by atoms with Crippen molar-refractivity contribution in [2.75, 3.05) is 6.54 Å². The summed E-state index contributed by atoms with van der Waals surface area (Å²) in [5, 5.41) is 11.9. The maximum atomic E-state index is 11.9. The maximum absolute atomic E-state index is 11.9. The second-order valence-corrected chi connectivity index (χ2v) is 6.76. The summed E-state index contributed by atoms with van der Waals surface area (Å²) in [6, 6.07) is 11.6. The van der Waals surface area contributed by atoms with E-state index in [-0.39, 0.29) is 6.04 Å². The number of likely N-dealkylation sites (tertiary alicyclic amines) is 1. The Bertz CT molecular complexity index is 913. The first-order chi connectivity index (χ1) is 12.7. The molecule has 2 atom stereocenters. The van der Waals surface area contributed by atoms with Gasteiger partial charge in [0.05, 0.1) is 6.04 Å². The van der Waals surface area contributed by atoms with Crippen molar-refractivity contribution in [1.82, 2.24) is 14.9 Å². The van der Waals surface area contributed by atoms with Gasteiger partial charge in [0.15, 0.2) is 0 Å². The van der Waals surface area contributed by atoms with E-state index >= 15 is 0 Å². The third-order valence-corrected chi connectivity index (χ3v) is 5.14. The highest BCUT2D eigenvalue weighted by atomic mass is 16.4. The summed E-state index contributed by atoms with van der Waals surface area (Å²) in [6.45, 7) is 0.769. The van der Waals surface area contributed by atoms with E-state index in [1.165, 1.54) is 0 Å². The van der Waals surface area contributed by atoms with E-state index in [1.807, 2.05) is 30.6 Å². The molecule has 1 N–H and O–H groups in total. The summed E-state index contributed by atoms with van der Waals surface area (Å²) in [7, 11) is 0. The van der Waals surface area contributed by atoms with E-state index in [0.717, 1.165) is 41.3 Å². The second-order valence-electron chi connectivity index (χ2n) is 6.76. The van der Waals surface area contributed by atoms with Crippen molar-refractivity contribution in [2.24, 2.45) is 0 Å². The number of hydrogen-bond acceptors (Lipinski definition) is 4. The molecule has 0 spiro atoms. The molecule has 2 aromatic heterocycles. The number of benzene rings is 1. The van der Waals surface area contributed by atoms with E-state index in [0.29, 0.717) is 6.42 Å². The predicted molar refractivity (Wildman–Crippen MR) is 99.8 cm³/mol. The highest BCUT2D eigenvalue weighted by Crippen LogP contribution is 2.35. The first kappa shape index (κ1) is 16.7. The third-order valence-electron chi connectivity index (χ3n) is 5.14. The van der Waals surface area contributed by atoms with Gasteiger partial charge < -0.3 is 5.11 Å².